The maximum Gasteiger partial charge on any atom is 0.179 e. The zero-order chi connectivity index (χ0) is 13.2. The second kappa shape index (κ2) is 5.71. The molecule has 19 heavy (non-hydrogen) atoms. The van der Waals surface area contributed by atoms with Gasteiger partial charge in [0.05, 0.1) is 9.26 Å². The molecule has 1 saturated carbocycles. The molecular weight excluding hydrogens is 373 g/mol. The summed E-state index contributed by atoms with van der Waals surface area (Å²) < 4.78 is 0.992. The number of rotatable bonds is 2. The summed E-state index contributed by atoms with van der Waals surface area (Å²) in [7, 11) is 0. The van der Waals surface area contributed by atoms with Crippen molar-refractivity contribution in [3.05, 3.63) is 38.8 Å². The average Bonchev–Trinajstić information content (AvgIpc) is 2.96. The molecule has 0 saturated heterocycles. The lowest BCUT2D eigenvalue weighted by Gasteiger charge is -2.13. The third-order valence-corrected chi connectivity index (χ3v) is 5.13. The molecule has 3 rings (SSSR count). The fourth-order valence-electron chi connectivity index (χ4n) is 2.52. The molecule has 1 aliphatic rings. The molecule has 1 aliphatic carbocycles. The number of aromatic nitrogens is 3. The third-order valence-electron chi connectivity index (χ3n) is 3.47. The molecule has 0 atom stereocenters. The topological polar surface area (TPSA) is 38.7 Å². The van der Waals surface area contributed by atoms with Gasteiger partial charge in [-0.25, -0.2) is 9.97 Å². The molecule has 2 aromatic heterocycles. The van der Waals surface area contributed by atoms with Gasteiger partial charge in [0, 0.05) is 12.1 Å². The first-order valence-corrected chi connectivity index (χ1v) is 7.85. The van der Waals surface area contributed by atoms with E-state index in [1.165, 1.54) is 25.7 Å². The van der Waals surface area contributed by atoms with Crippen LogP contribution in [-0.4, -0.2) is 15.0 Å². The van der Waals surface area contributed by atoms with Gasteiger partial charge in [-0.2, -0.15) is 0 Å². The van der Waals surface area contributed by atoms with E-state index in [2.05, 4.69) is 32.6 Å². The molecular formula is C14H13ClIN3. The Kier molecular flexibility index (Phi) is 3.98. The summed E-state index contributed by atoms with van der Waals surface area (Å²) >= 11 is 8.51. The van der Waals surface area contributed by atoms with E-state index in [0.29, 0.717) is 16.9 Å². The van der Waals surface area contributed by atoms with Gasteiger partial charge >= 0.3 is 0 Å². The minimum atomic E-state index is 0.523. The van der Waals surface area contributed by atoms with Crippen LogP contribution in [0.15, 0.2) is 24.4 Å². The maximum atomic E-state index is 6.26. The highest BCUT2D eigenvalue weighted by molar-refractivity contribution is 14.1. The van der Waals surface area contributed by atoms with Crippen LogP contribution in [-0.2, 0) is 0 Å². The van der Waals surface area contributed by atoms with E-state index in [1.807, 2.05) is 18.2 Å². The van der Waals surface area contributed by atoms with Crippen LogP contribution in [0, 0.1) is 3.57 Å². The summed E-state index contributed by atoms with van der Waals surface area (Å²) in [6, 6.07) is 5.74. The van der Waals surface area contributed by atoms with Crippen LogP contribution >= 0.6 is 34.2 Å². The number of hydrogen-bond acceptors (Lipinski definition) is 3. The smallest absolute Gasteiger partial charge is 0.179 e. The summed E-state index contributed by atoms with van der Waals surface area (Å²) in [6.45, 7) is 0. The Labute approximate surface area is 131 Å². The summed E-state index contributed by atoms with van der Waals surface area (Å²) in [5.41, 5.74) is 1.87. The molecule has 5 heteroatoms. The highest BCUT2D eigenvalue weighted by Gasteiger charge is 2.23. The lowest BCUT2D eigenvalue weighted by atomic mass is 10.0. The van der Waals surface area contributed by atoms with Crippen molar-refractivity contribution in [3.63, 3.8) is 0 Å². The van der Waals surface area contributed by atoms with Gasteiger partial charge in [0.15, 0.2) is 5.82 Å². The number of nitrogens with zero attached hydrogens (tertiary/aromatic N) is 3. The van der Waals surface area contributed by atoms with Crippen LogP contribution in [0.4, 0.5) is 0 Å². The lowest BCUT2D eigenvalue weighted by Crippen LogP contribution is -2.05. The monoisotopic (exact) mass is 385 g/mol. The van der Waals surface area contributed by atoms with Gasteiger partial charge in [0.25, 0.3) is 0 Å². The zero-order valence-electron chi connectivity index (χ0n) is 10.3. The Bertz CT molecular complexity index is 583. The van der Waals surface area contributed by atoms with Crippen LogP contribution in [0.25, 0.3) is 11.5 Å². The van der Waals surface area contributed by atoms with Crippen molar-refractivity contribution >= 4 is 34.2 Å². The number of pyridine rings is 1. The summed E-state index contributed by atoms with van der Waals surface area (Å²) in [6.07, 6.45) is 6.71. The van der Waals surface area contributed by atoms with Gasteiger partial charge in [-0.15, -0.1) is 0 Å². The van der Waals surface area contributed by atoms with Crippen LogP contribution in [0.2, 0.25) is 5.15 Å². The van der Waals surface area contributed by atoms with E-state index >= 15 is 0 Å². The Balaban J connectivity index is 2.07. The number of hydrogen-bond donors (Lipinski definition) is 0. The Hall–Kier alpha value is -0.750. The molecule has 0 amide bonds. The first kappa shape index (κ1) is 13.2. The number of halogens is 2. The average molecular weight is 386 g/mol. The maximum absolute atomic E-state index is 6.26. The second-order valence-corrected chi connectivity index (χ2v) is 6.17. The normalized spacial score (nSPS) is 15.9. The summed E-state index contributed by atoms with van der Waals surface area (Å²) in [5.74, 6) is 1.16. The predicted molar refractivity (Wildman–Crippen MR) is 84.2 cm³/mol. The molecule has 2 heterocycles. The van der Waals surface area contributed by atoms with E-state index in [-0.39, 0.29) is 0 Å². The summed E-state index contributed by atoms with van der Waals surface area (Å²) in [4.78, 5) is 13.4. The largest absolute Gasteiger partial charge is 0.253 e. The zero-order valence-corrected chi connectivity index (χ0v) is 13.2. The van der Waals surface area contributed by atoms with Crippen molar-refractivity contribution in [3.8, 4) is 11.5 Å². The minimum Gasteiger partial charge on any atom is -0.253 e. The fourth-order valence-corrected chi connectivity index (χ4v) is 3.37. The first-order valence-electron chi connectivity index (χ1n) is 6.40. The molecule has 3 nitrogen and oxygen atoms in total. The Morgan fingerprint density at radius 2 is 1.95 bits per heavy atom. The molecule has 98 valence electrons. The predicted octanol–water partition coefficient (Wildman–Crippen LogP) is 4.45. The standard InChI is InChI=1S/C14H13ClIN3/c15-13-11(16)12(9-5-1-2-6-9)18-14(19-13)10-7-3-4-8-17-10/h3-4,7-9H,1-2,5-6H2. The van der Waals surface area contributed by atoms with Crippen molar-refractivity contribution in [1.82, 2.24) is 15.0 Å². The quantitative estimate of drug-likeness (QED) is 0.566. The first-order chi connectivity index (χ1) is 9.25. The van der Waals surface area contributed by atoms with Gasteiger partial charge < -0.3 is 0 Å². The van der Waals surface area contributed by atoms with Crippen LogP contribution in [0.5, 0.6) is 0 Å². The van der Waals surface area contributed by atoms with Gasteiger partial charge in [0.1, 0.15) is 10.8 Å². The van der Waals surface area contributed by atoms with E-state index in [4.69, 9.17) is 16.6 Å². The van der Waals surface area contributed by atoms with Gasteiger partial charge in [-0.05, 0) is 47.6 Å². The van der Waals surface area contributed by atoms with Crippen LogP contribution < -0.4 is 0 Å². The van der Waals surface area contributed by atoms with Gasteiger partial charge in [0.2, 0.25) is 0 Å². The minimum absolute atomic E-state index is 0.523. The Morgan fingerprint density at radius 3 is 2.63 bits per heavy atom. The molecule has 0 bridgehead atoms. The van der Waals surface area contributed by atoms with Crippen molar-refractivity contribution < 1.29 is 0 Å². The molecule has 0 aliphatic heterocycles. The van der Waals surface area contributed by atoms with Crippen LogP contribution in [0.3, 0.4) is 0 Å². The van der Waals surface area contributed by atoms with E-state index in [0.717, 1.165) is 15.0 Å². The highest BCUT2D eigenvalue weighted by Crippen LogP contribution is 2.37. The molecule has 0 spiro atoms. The molecule has 1 fully saturated rings. The van der Waals surface area contributed by atoms with E-state index in [1.54, 1.807) is 6.20 Å². The van der Waals surface area contributed by atoms with Crippen molar-refractivity contribution in [1.29, 1.82) is 0 Å². The molecule has 0 aromatic carbocycles. The van der Waals surface area contributed by atoms with Gasteiger partial charge in [-0.3, -0.25) is 4.98 Å². The van der Waals surface area contributed by atoms with Crippen molar-refractivity contribution in [2.75, 3.05) is 0 Å². The summed E-state index contributed by atoms with van der Waals surface area (Å²) in [5, 5.41) is 0.540. The highest BCUT2D eigenvalue weighted by atomic mass is 127. The fraction of sp³-hybridized carbons (Fsp3) is 0.357. The molecule has 2 aromatic rings. The van der Waals surface area contributed by atoms with Crippen molar-refractivity contribution in [2.24, 2.45) is 0 Å². The second-order valence-electron chi connectivity index (χ2n) is 4.73. The van der Waals surface area contributed by atoms with E-state index < -0.39 is 0 Å². The SMILES string of the molecule is Clc1nc(-c2ccccn2)nc(C2CCCC2)c1I. The third kappa shape index (κ3) is 2.74. The van der Waals surface area contributed by atoms with Crippen molar-refractivity contribution in [2.45, 2.75) is 31.6 Å². The van der Waals surface area contributed by atoms with Crippen LogP contribution in [0.1, 0.15) is 37.3 Å². The van der Waals surface area contributed by atoms with Gasteiger partial charge in [-0.1, -0.05) is 30.5 Å². The van der Waals surface area contributed by atoms with E-state index in [9.17, 15) is 0 Å². The molecule has 0 unspecified atom stereocenters. The molecule has 0 N–H and O–H groups in total. The Morgan fingerprint density at radius 1 is 1.16 bits per heavy atom. The lowest BCUT2D eigenvalue weighted by molar-refractivity contribution is 0.690. The molecule has 0 radical (unpaired) electrons.